The van der Waals surface area contributed by atoms with Gasteiger partial charge in [0.2, 0.25) is 5.91 Å². The van der Waals surface area contributed by atoms with Crippen LogP contribution in [0.5, 0.6) is 0 Å². The summed E-state index contributed by atoms with van der Waals surface area (Å²) in [6.45, 7) is 1.86. The molecular formula is C16H16N2O2. The van der Waals surface area contributed by atoms with Gasteiger partial charge in [-0.25, -0.2) is 0 Å². The van der Waals surface area contributed by atoms with Crippen molar-refractivity contribution in [3.8, 4) is 0 Å². The Morgan fingerprint density at radius 1 is 1.10 bits per heavy atom. The van der Waals surface area contributed by atoms with E-state index >= 15 is 0 Å². The molecule has 0 saturated carbocycles. The number of aromatic nitrogens is 1. The van der Waals surface area contributed by atoms with E-state index in [1.807, 2.05) is 25.1 Å². The van der Waals surface area contributed by atoms with Crippen LogP contribution in [0.1, 0.15) is 28.9 Å². The molecule has 0 saturated heterocycles. The molecule has 0 aliphatic rings. The molecule has 2 rings (SSSR count). The lowest BCUT2D eigenvalue weighted by Crippen LogP contribution is -2.13. The summed E-state index contributed by atoms with van der Waals surface area (Å²) < 4.78 is 0. The van der Waals surface area contributed by atoms with E-state index in [0.717, 1.165) is 5.69 Å². The molecule has 0 aliphatic heterocycles. The standard InChI is InChI=1S/C16H16N2O2/c1-12-11-14(9-10-17-12)18-16(20)8-7-15(19)13-5-3-2-4-6-13/h2-6,9-11H,7-8H2,1H3,(H,17,18,20). The van der Waals surface area contributed by atoms with E-state index < -0.39 is 0 Å². The average Bonchev–Trinajstić information content (AvgIpc) is 2.46. The summed E-state index contributed by atoms with van der Waals surface area (Å²) in [5.41, 5.74) is 2.18. The minimum atomic E-state index is -0.167. The number of aryl methyl sites for hydroxylation is 1. The van der Waals surface area contributed by atoms with Crippen LogP contribution in [0, 0.1) is 6.92 Å². The predicted molar refractivity (Wildman–Crippen MR) is 77.6 cm³/mol. The van der Waals surface area contributed by atoms with E-state index in [9.17, 15) is 9.59 Å². The molecular weight excluding hydrogens is 252 g/mol. The SMILES string of the molecule is Cc1cc(NC(=O)CCC(=O)c2ccccc2)ccn1. The van der Waals surface area contributed by atoms with Crippen LogP contribution in [0.2, 0.25) is 0 Å². The average molecular weight is 268 g/mol. The summed E-state index contributed by atoms with van der Waals surface area (Å²) in [5, 5.41) is 2.76. The van der Waals surface area contributed by atoms with Crippen molar-refractivity contribution in [1.82, 2.24) is 4.98 Å². The quantitative estimate of drug-likeness (QED) is 0.848. The lowest BCUT2D eigenvalue weighted by atomic mass is 10.1. The van der Waals surface area contributed by atoms with Gasteiger partial charge in [0.05, 0.1) is 0 Å². The first-order valence-electron chi connectivity index (χ1n) is 6.46. The minimum Gasteiger partial charge on any atom is -0.326 e. The van der Waals surface area contributed by atoms with Gasteiger partial charge in [-0.2, -0.15) is 0 Å². The Bertz CT molecular complexity index is 609. The van der Waals surface area contributed by atoms with Gasteiger partial charge in [0.1, 0.15) is 0 Å². The van der Waals surface area contributed by atoms with Crippen LogP contribution in [0.4, 0.5) is 5.69 Å². The van der Waals surface area contributed by atoms with E-state index in [1.54, 1.807) is 30.5 Å². The first kappa shape index (κ1) is 13.9. The Morgan fingerprint density at radius 3 is 2.55 bits per heavy atom. The zero-order valence-corrected chi connectivity index (χ0v) is 11.3. The molecule has 20 heavy (non-hydrogen) atoms. The Labute approximate surface area is 117 Å². The highest BCUT2D eigenvalue weighted by atomic mass is 16.2. The number of hydrogen-bond donors (Lipinski definition) is 1. The van der Waals surface area contributed by atoms with E-state index in [-0.39, 0.29) is 24.5 Å². The van der Waals surface area contributed by atoms with Crippen molar-refractivity contribution in [2.75, 3.05) is 5.32 Å². The van der Waals surface area contributed by atoms with Crippen LogP contribution in [-0.2, 0) is 4.79 Å². The monoisotopic (exact) mass is 268 g/mol. The van der Waals surface area contributed by atoms with Gasteiger partial charge in [0.25, 0.3) is 0 Å². The molecule has 0 radical (unpaired) electrons. The second-order valence-electron chi connectivity index (χ2n) is 4.52. The summed E-state index contributed by atoms with van der Waals surface area (Å²) in [7, 11) is 0. The number of anilines is 1. The zero-order valence-electron chi connectivity index (χ0n) is 11.3. The molecule has 0 atom stereocenters. The van der Waals surface area contributed by atoms with Crippen LogP contribution in [0.15, 0.2) is 48.7 Å². The molecule has 0 fully saturated rings. The first-order valence-corrected chi connectivity index (χ1v) is 6.46. The van der Waals surface area contributed by atoms with E-state index in [4.69, 9.17) is 0 Å². The number of hydrogen-bond acceptors (Lipinski definition) is 3. The molecule has 1 aromatic heterocycles. The summed E-state index contributed by atoms with van der Waals surface area (Å²) in [6.07, 6.45) is 2.02. The third-order valence-electron chi connectivity index (χ3n) is 2.86. The van der Waals surface area contributed by atoms with Crippen LogP contribution in [0.25, 0.3) is 0 Å². The number of Topliss-reactive ketones (excluding diaryl/α,β-unsaturated/α-hetero) is 1. The summed E-state index contributed by atoms with van der Waals surface area (Å²) in [4.78, 5) is 27.7. The summed E-state index contributed by atoms with van der Waals surface area (Å²) >= 11 is 0. The van der Waals surface area contributed by atoms with Gasteiger partial charge in [-0.1, -0.05) is 30.3 Å². The maximum atomic E-state index is 11.9. The Kier molecular flexibility index (Phi) is 4.60. The summed E-state index contributed by atoms with van der Waals surface area (Å²) in [6, 6.07) is 12.5. The number of rotatable bonds is 5. The van der Waals surface area contributed by atoms with Gasteiger partial charge >= 0.3 is 0 Å². The van der Waals surface area contributed by atoms with E-state index in [2.05, 4.69) is 10.3 Å². The molecule has 4 nitrogen and oxygen atoms in total. The Morgan fingerprint density at radius 2 is 1.85 bits per heavy atom. The van der Waals surface area contributed by atoms with Crippen molar-refractivity contribution in [2.45, 2.75) is 19.8 Å². The largest absolute Gasteiger partial charge is 0.326 e. The van der Waals surface area contributed by atoms with Crippen LogP contribution in [-0.4, -0.2) is 16.7 Å². The van der Waals surface area contributed by atoms with Crippen molar-refractivity contribution in [3.05, 3.63) is 59.9 Å². The predicted octanol–water partition coefficient (Wildman–Crippen LogP) is 2.99. The molecule has 1 heterocycles. The lowest BCUT2D eigenvalue weighted by Gasteiger charge is -2.05. The second kappa shape index (κ2) is 6.61. The third kappa shape index (κ3) is 4.02. The highest BCUT2D eigenvalue weighted by Crippen LogP contribution is 2.09. The maximum absolute atomic E-state index is 11.9. The van der Waals surface area contributed by atoms with Gasteiger partial charge in [-0.3, -0.25) is 14.6 Å². The first-order chi connectivity index (χ1) is 9.65. The fraction of sp³-hybridized carbons (Fsp3) is 0.188. The van der Waals surface area contributed by atoms with Gasteiger partial charge in [0.15, 0.2) is 5.78 Å². The smallest absolute Gasteiger partial charge is 0.224 e. The lowest BCUT2D eigenvalue weighted by molar-refractivity contribution is -0.116. The van der Waals surface area contributed by atoms with Gasteiger partial charge in [-0.15, -0.1) is 0 Å². The van der Waals surface area contributed by atoms with Crippen LogP contribution in [0.3, 0.4) is 0 Å². The van der Waals surface area contributed by atoms with E-state index in [0.29, 0.717) is 11.3 Å². The number of ketones is 1. The highest BCUT2D eigenvalue weighted by molar-refractivity contribution is 5.99. The number of nitrogens with zero attached hydrogens (tertiary/aromatic N) is 1. The fourth-order valence-corrected chi connectivity index (χ4v) is 1.84. The normalized spacial score (nSPS) is 10.1. The molecule has 0 bridgehead atoms. The number of carbonyl (C=O) groups excluding carboxylic acids is 2. The Hall–Kier alpha value is -2.49. The minimum absolute atomic E-state index is 0.0216. The molecule has 4 heteroatoms. The molecule has 2 aromatic rings. The van der Waals surface area contributed by atoms with Gasteiger partial charge in [-0.05, 0) is 19.1 Å². The van der Waals surface area contributed by atoms with Crippen LogP contribution >= 0.6 is 0 Å². The van der Waals surface area contributed by atoms with Gasteiger partial charge < -0.3 is 5.32 Å². The van der Waals surface area contributed by atoms with Crippen molar-refractivity contribution in [2.24, 2.45) is 0 Å². The fourth-order valence-electron chi connectivity index (χ4n) is 1.84. The topological polar surface area (TPSA) is 59.1 Å². The molecule has 1 N–H and O–H groups in total. The number of pyridine rings is 1. The maximum Gasteiger partial charge on any atom is 0.224 e. The molecule has 1 amide bonds. The molecule has 102 valence electrons. The third-order valence-corrected chi connectivity index (χ3v) is 2.86. The Balaban J connectivity index is 1.85. The van der Waals surface area contributed by atoms with Crippen molar-refractivity contribution in [3.63, 3.8) is 0 Å². The molecule has 0 spiro atoms. The highest BCUT2D eigenvalue weighted by Gasteiger charge is 2.09. The molecule has 0 aliphatic carbocycles. The molecule has 0 unspecified atom stereocenters. The summed E-state index contributed by atoms with van der Waals surface area (Å²) in [5.74, 6) is -0.188. The number of benzene rings is 1. The van der Waals surface area contributed by atoms with Crippen LogP contribution < -0.4 is 5.32 Å². The van der Waals surface area contributed by atoms with Crippen molar-refractivity contribution in [1.29, 1.82) is 0 Å². The van der Waals surface area contributed by atoms with Crippen molar-refractivity contribution >= 4 is 17.4 Å². The van der Waals surface area contributed by atoms with Crippen molar-refractivity contribution < 1.29 is 9.59 Å². The number of carbonyl (C=O) groups is 2. The molecule has 1 aromatic carbocycles. The second-order valence-corrected chi connectivity index (χ2v) is 4.52. The number of nitrogens with one attached hydrogen (secondary N) is 1. The van der Waals surface area contributed by atoms with Gasteiger partial charge in [0, 0.05) is 36.0 Å². The zero-order chi connectivity index (χ0) is 14.4. The number of amides is 1. The van der Waals surface area contributed by atoms with E-state index in [1.165, 1.54) is 0 Å².